The highest BCUT2D eigenvalue weighted by Gasteiger charge is 2.55. The van der Waals surface area contributed by atoms with Gasteiger partial charge in [0.1, 0.15) is 0 Å². The second-order valence-corrected chi connectivity index (χ2v) is 10.4. The van der Waals surface area contributed by atoms with E-state index in [1.54, 1.807) is 35.4 Å². The minimum absolute atomic E-state index is 0.0543. The summed E-state index contributed by atoms with van der Waals surface area (Å²) < 4.78 is 7.16. The third-order valence-electron chi connectivity index (χ3n) is 6.42. The van der Waals surface area contributed by atoms with Crippen molar-refractivity contribution < 1.29 is 34.1 Å². The first-order valence-corrected chi connectivity index (χ1v) is 12.9. The molecule has 0 fully saturated rings. The van der Waals surface area contributed by atoms with Crippen LogP contribution in [0.4, 0.5) is 5.69 Å². The van der Waals surface area contributed by atoms with E-state index in [-0.39, 0.29) is 13.0 Å². The van der Waals surface area contributed by atoms with Crippen molar-refractivity contribution in [1.29, 1.82) is 0 Å². The number of Topliss-reactive ketones (excluding diaryl/α,β-unsaturated/α-hetero) is 1. The predicted octanol–water partition coefficient (Wildman–Crippen LogP) is 3.83. The minimum Gasteiger partial charge on any atom is -0.478 e. The zero-order valence-corrected chi connectivity index (χ0v) is 22.9. The topological polar surface area (TPSA) is 124 Å². The average molecular weight is 541 g/mol. The second-order valence-electron chi connectivity index (χ2n) is 9.42. The minimum atomic E-state index is -1.93. The number of ketones is 1. The van der Waals surface area contributed by atoms with Gasteiger partial charge in [-0.15, -0.1) is 0 Å². The lowest BCUT2D eigenvalue weighted by Gasteiger charge is -2.37. The molecule has 1 aliphatic rings. The van der Waals surface area contributed by atoms with E-state index < -0.39 is 40.9 Å². The van der Waals surface area contributed by atoms with E-state index in [0.29, 0.717) is 22.2 Å². The molecule has 38 heavy (non-hydrogen) atoms. The Labute approximate surface area is 226 Å². The lowest BCUT2D eigenvalue weighted by atomic mass is 9.67. The number of anilines is 1. The second kappa shape index (κ2) is 11.8. The molecule has 0 amide bonds. The lowest BCUT2D eigenvalue weighted by Crippen LogP contribution is -2.52. The highest BCUT2D eigenvalue weighted by atomic mass is 32.2. The summed E-state index contributed by atoms with van der Waals surface area (Å²) in [4.78, 5) is 53.8. The van der Waals surface area contributed by atoms with Crippen LogP contribution in [0.15, 0.2) is 59.0 Å². The smallest absolute Gasteiger partial charge is 0.333 e. The van der Waals surface area contributed by atoms with E-state index in [4.69, 9.17) is 4.74 Å². The standard InChI is InChI=1S/C28H32N2O7S/c1-6-19-8-10-20(11-9-19)30-26(37-18(3)31)25(34)28(13-14-29(4)5,22(27(35)36)16-24(32)33)21-12-7-17(2)15-23(21)38-30/h7-12,15-16,26H,6,13-14H2,1-5H3,(H,32,33)(H,35,36)/b22-16-/t26-,28?/m1/s1. The van der Waals surface area contributed by atoms with Crippen LogP contribution < -0.4 is 4.31 Å². The molecule has 0 spiro atoms. The molecule has 1 aliphatic heterocycles. The summed E-state index contributed by atoms with van der Waals surface area (Å²) in [5.74, 6) is -4.51. The predicted molar refractivity (Wildman–Crippen MR) is 144 cm³/mol. The SMILES string of the molecule is CCc1ccc(N2Sc3cc(C)ccc3C(CCN(C)C)(/C(=C\C(=O)O)C(=O)O)C(=O)[C@H]2OC(C)=O)cc1. The Morgan fingerprint density at radius 2 is 1.79 bits per heavy atom. The Bertz CT molecular complexity index is 1270. The number of aliphatic carboxylic acids is 2. The van der Waals surface area contributed by atoms with Gasteiger partial charge in [0.25, 0.3) is 0 Å². The molecule has 0 saturated heterocycles. The van der Waals surface area contributed by atoms with Crippen LogP contribution in [-0.2, 0) is 35.8 Å². The molecule has 2 atom stereocenters. The van der Waals surface area contributed by atoms with E-state index in [2.05, 4.69) is 0 Å². The molecule has 10 heteroatoms. The lowest BCUT2D eigenvalue weighted by molar-refractivity contribution is -0.154. The van der Waals surface area contributed by atoms with Gasteiger partial charge in [0, 0.05) is 17.9 Å². The maximum Gasteiger partial charge on any atom is 0.333 e. The third-order valence-corrected chi connectivity index (χ3v) is 7.55. The van der Waals surface area contributed by atoms with Crippen molar-refractivity contribution in [2.75, 3.05) is 24.9 Å². The van der Waals surface area contributed by atoms with E-state index >= 15 is 0 Å². The quantitative estimate of drug-likeness (QED) is 0.275. The van der Waals surface area contributed by atoms with Crippen LogP contribution in [0.2, 0.25) is 0 Å². The number of carbonyl (C=O) groups is 4. The number of hydrogen-bond acceptors (Lipinski definition) is 8. The number of hydrogen-bond donors (Lipinski definition) is 2. The Balaban J connectivity index is 2.42. The fourth-order valence-electron chi connectivity index (χ4n) is 4.54. The Kier molecular flexibility index (Phi) is 9.01. The first-order chi connectivity index (χ1) is 17.9. The van der Waals surface area contributed by atoms with Crippen LogP contribution in [0.1, 0.15) is 37.0 Å². The van der Waals surface area contributed by atoms with Crippen molar-refractivity contribution >= 4 is 41.3 Å². The van der Waals surface area contributed by atoms with Gasteiger partial charge in [-0.1, -0.05) is 31.2 Å². The number of benzene rings is 2. The maximum atomic E-state index is 14.6. The van der Waals surface area contributed by atoms with Gasteiger partial charge in [0.05, 0.1) is 16.7 Å². The summed E-state index contributed by atoms with van der Waals surface area (Å²) in [5.41, 5.74) is 0.321. The van der Waals surface area contributed by atoms with Gasteiger partial charge >= 0.3 is 17.9 Å². The Morgan fingerprint density at radius 3 is 2.32 bits per heavy atom. The number of ether oxygens (including phenoxy) is 1. The normalized spacial score (nSPS) is 19.6. The summed E-state index contributed by atoms with van der Waals surface area (Å²) in [6.45, 7) is 5.31. The van der Waals surface area contributed by atoms with Gasteiger partial charge < -0.3 is 19.8 Å². The number of carboxylic acids is 2. The van der Waals surface area contributed by atoms with Crippen molar-refractivity contribution in [3.63, 3.8) is 0 Å². The average Bonchev–Trinajstić information content (AvgIpc) is 2.94. The number of aryl methyl sites for hydroxylation is 2. The van der Waals surface area contributed by atoms with Crippen LogP contribution in [0, 0.1) is 6.92 Å². The van der Waals surface area contributed by atoms with E-state index in [0.717, 1.165) is 29.5 Å². The number of carboxylic acid groups (broad SMARTS) is 2. The Morgan fingerprint density at radius 1 is 1.13 bits per heavy atom. The summed E-state index contributed by atoms with van der Waals surface area (Å²) in [6.07, 6.45) is -0.212. The fourth-order valence-corrected chi connectivity index (χ4v) is 5.79. The van der Waals surface area contributed by atoms with Crippen molar-refractivity contribution in [2.45, 2.75) is 50.2 Å². The van der Waals surface area contributed by atoms with Crippen molar-refractivity contribution in [3.8, 4) is 0 Å². The molecule has 1 unspecified atom stereocenters. The number of carbonyl (C=O) groups excluding carboxylic acids is 2. The zero-order valence-electron chi connectivity index (χ0n) is 22.1. The number of rotatable bonds is 9. The molecule has 3 rings (SSSR count). The first-order valence-electron chi connectivity index (χ1n) is 12.1. The molecule has 0 aliphatic carbocycles. The largest absolute Gasteiger partial charge is 0.478 e. The van der Waals surface area contributed by atoms with Crippen LogP contribution in [0.5, 0.6) is 0 Å². The number of nitrogens with zero attached hydrogens (tertiary/aromatic N) is 2. The first kappa shape index (κ1) is 28.9. The van der Waals surface area contributed by atoms with E-state index in [1.807, 2.05) is 44.2 Å². The molecule has 0 aromatic heterocycles. The molecular weight excluding hydrogens is 508 g/mol. The van der Waals surface area contributed by atoms with Gasteiger partial charge in [-0.05, 0) is 87.2 Å². The van der Waals surface area contributed by atoms with Crippen molar-refractivity contribution in [2.24, 2.45) is 0 Å². The monoisotopic (exact) mass is 540 g/mol. The van der Waals surface area contributed by atoms with Gasteiger partial charge in [0.15, 0.2) is 0 Å². The van der Waals surface area contributed by atoms with Crippen LogP contribution in [0.25, 0.3) is 0 Å². The molecule has 2 aromatic rings. The van der Waals surface area contributed by atoms with Crippen molar-refractivity contribution in [1.82, 2.24) is 4.90 Å². The Hall–Kier alpha value is -3.63. The summed E-state index contributed by atoms with van der Waals surface area (Å²) in [6, 6.07) is 12.7. The molecule has 202 valence electrons. The molecule has 2 aromatic carbocycles. The fraction of sp³-hybridized carbons (Fsp3) is 0.357. The van der Waals surface area contributed by atoms with Gasteiger partial charge in [-0.2, -0.15) is 0 Å². The number of esters is 1. The van der Waals surface area contributed by atoms with Crippen molar-refractivity contribution in [3.05, 3.63) is 70.8 Å². The molecule has 0 bridgehead atoms. The highest BCUT2D eigenvalue weighted by molar-refractivity contribution is 8.00. The van der Waals surface area contributed by atoms with E-state index in [9.17, 15) is 29.4 Å². The molecule has 0 radical (unpaired) electrons. The highest BCUT2D eigenvalue weighted by Crippen LogP contribution is 2.49. The molecule has 2 N–H and O–H groups in total. The molecular formula is C28H32N2O7S. The van der Waals surface area contributed by atoms with Crippen LogP contribution in [0.3, 0.4) is 0 Å². The molecule has 0 saturated carbocycles. The molecule has 1 heterocycles. The summed E-state index contributed by atoms with van der Waals surface area (Å²) >= 11 is 1.15. The summed E-state index contributed by atoms with van der Waals surface area (Å²) in [5, 5.41) is 19.9. The maximum absolute atomic E-state index is 14.6. The van der Waals surface area contributed by atoms with Crippen LogP contribution in [-0.4, -0.2) is 65.7 Å². The zero-order chi connectivity index (χ0) is 28.2. The summed E-state index contributed by atoms with van der Waals surface area (Å²) in [7, 11) is 3.54. The van der Waals surface area contributed by atoms with Crippen LogP contribution >= 0.6 is 11.9 Å². The third kappa shape index (κ3) is 5.92. The van der Waals surface area contributed by atoms with Gasteiger partial charge in [-0.3, -0.25) is 13.9 Å². The van der Waals surface area contributed by atoms with Gasteiger partial charge in [0.2, 0.25) is 12.0 Å². The van der Waals surface area contributed by atoms with E-state index in [1.165, 1.54) is 6.92 Å². The molecule has 9 nitrogen and oxygen atoms in total. The number of fused-ring (bicyclic) bond motifs is 1. The van der Waals surface area contributed by atoms with Gasteiger partial charge in [-0.25, -0.2) is 9.59 Å².